The Morgan fingerprint density at radius 2 is 2.11 bits per heavy atom. The average molecular weight is 273 g/mol. The van der Waals surface area contributed by atoms with Gasteiger partial charge < -0.3 is 5.32 Å². The summed E-state index contributed by atoms with van der Waals surface area (Å²) in [6.45, 7) is 0. The van der Waals surface area contributed by atoms with Gasteiger partial charge in [-0.05, 0) is 6.07 Å². The zero-order valence-corrected chi connectivity index (χ0v) is 9.19. The summed E-state index contributed by atoms with van der Waals surface area (Å²) < 4.78 is 38.1. The van der Waals surface area contributed by atoms with E-state index in [1.165, 1.54) is 6.07 Å². The van der Waals surface area contributed by atoms with E-state index in [2.05, 4.69) is 0 Å². The second-order valence-corrected chi connectivity index (χ2v) is 3.37. The molecule has 0 spiro atoms. The fourth-order valence-corrected chi connectivity index (χ4v) is 1.26. The molecular formula is C10H6F3N3O3. The van der Waals surface area contributed by atoms with Gasteiger partial charge in [0.1, 0.15) is 6.42 Å². The molecule has 0 saturated carbocycles. The number of nitrogens with one attached hydrogen (secondary N) is 1. The lowest BCUT2D eigenvalue weighted by Crippen LogP contribution is -2.16. The summed E-state index contributed by atoms with van der Waals surface area (Å²) in [7, 11) is 0. The third-order valence-electron chi connectivity index (χ3n) is 2.03. The normalized spacial score (nSPS) is 10.6. The first-order chi connectivity index (χ1) is 8.75. The monoisotopic (exact) mass is 273 g/mol. The van der Waals surface area contributed by atoms with Crippen LogP contribution in [0.4, 0.5) is 24.5 Å². The van der Waals surface area contributed by atoms with Crippen molar-refractivity contribution in [3.63, 3.8) is 0 Å². The van der Waals surface area contributed by atoms with Crippen molar-refractivity contribution in [3.8, 4) is 6.07 Å². The molecule has 9 heteroatoms. The van der Waals surface area contributed by atoms with Gasteiger partial charge in [0.15, 0.2) is 0 Å². The van der Waals surface area contributed by atoms with Crippen molar-refractivity contribution in [2.24, 2.45) is 0 Å². The first kappa shape index (κ1) is 14.4. The Hall–Kier alpha value is -2.63. The highest BCUT2D eigenvalue weighted by molar-refractivity contribution is 5.93. The molecule has 1 aromatic carbocycles. The van der Waals surface area contributed by atoms with Crippen molar-refractivity contribution < 1.29 is 22.9 Å². The molecule has 1 aromatic rings. The average Bonchev–Trinajstić information content (AvgIpc) is 2.27. The highest BCUT2D eigenvalue weighted by Gasteiger charge is 2.35. The highest BCUT2D eigenvalue weighted by Crippen LogP contribution is 2.37. The summed E-state index contributed by atoms with van der Waals surface area (Å²) in [5.41, 5.74) is -2.71. The number of halogens is 3. The van der Waals surface area contributed by atoms with Crippen LogP contribution in [0.1, 0.15) is 12.0 Å². The zero-order valence-electron chi connectivity index (χ0n) is 9.19. The van der Waals surface area contributed by atoms with E-state index >= 15 is 0 Å². The van der Waals surface area contributed by atoms with Crippen LogP contribution in [0.15, 0.2) is 18.2 Å². The lowest BCUT2D eigenvalue weighted by molar-refractivity contribution is -0.385. The minimum atomic E-state index is -4.86. The third kappa shape index (κ3) is 3.67. The Labute approximate surface area is 104 Å². The molecule has 1 amide bonds. The molecule has 0 aliphatic carbocycles. The number of alkyl halides is 3. The van der Waals surface area contributed by atoms with Crippen LogP contribution in [-0.2, 0) is 11.0 Å². The van der Waals surface area contributed by atoms with Gasteiger partial charge in [-0.3, -0.25) is 14.9 Å². The number of non-ortho nitro benzene ring substituents is 1. The Morgan fingerprint density at radius 1 is 1.47 bits per heavy atom. The molecule has 1 N–H and O–H groups in total. The van der Waals surface area contributed by atoms with Gasteiger partial charge in [-0.1, -0.05) is 0 Å². The molecule has 0 atom stereocenters. The van der Waals surface area contributed by atoms with E-state index in [0.717, 1.165) is 12.1 Å². The Kier molecular flexibility index (Phi) is 4.06. The second kappa shape index (κ2) is 5.34. The maximum Gasteiger partial charge on any atom is 0.418 e. The van der Waals surface area contributed by atoms with Crippen molar-refractivity contribution in [2.45, 2.75) is 12.6 Å². The van der Waals surface area contributed by atoms with Crippen LogP contribution in [0.5, 0.6) is 0 Å². The number of rotatable bonds is 3. The number of carbonyl (C=O) groups excluding carboxylic acids is 1. The van der Waals surface area contributed by atoms with Gasteiger partial charge in [0.2, 0.25) is 5.91 Å². The molecule has 0 saturated heterocycles. The van der Waals surface area contributed by atoms with Crippen LogP contribution in [-0.4, -0.2) is 10.8 Å². The Morgan fingerprint density at radius 3 is 2.58 bits per heavy atom. The van der Waals surface area contributed by atoms with E-state index < -0.39 is 40.4 Å². The molecule has 100 valence electrons. The maximum absolute atomic E-state index is 12.7. The molecule has 1 rings (SSSR count). The van der Waals surface area contributed by atoms with Gasteiger partial charge in [0.05, 0.1) is 22.2 Å². The first-order valence-corrected chi connectivity index (χ1v) is 4.78. The standard InChI is InChI=1S/C10H6F3N3O3/c11-10(12,13)7-5-6(16(18)19)1-2-8(7)15-9(17)3-4-14/h1-2,5H,3H2,(H,15,17). The molecule has 0 bridgehead atoms. The van der Waals surface area contributed by atoms with E-state index in [0.29, 0.717) is 6.07 Å². The molecule has 0 aromatic heterocycles. The zero-order chi connectivity index (χ0) is 14.6. The Bertz CT molecular complexity index is 563. The van der Waals surface area contributed by atoms with Crippen molar-refractivity contribution in [1.82, 2.24) is 0 Å². The molecular weight excluding hydrogens is 267 g/mol. The third-order valence-corrected chi connectivity index (χ3v) is 2.03. The fourth-order valence-electron chi connectivity index (χ4n) is 1.26. The number of hydrogen-bond donors (Lipinski definition) is 1. The number of nitro groups is 1. The SMILES string of the molecule is N#CCC(=O)Nc1ccc([N+](=O)[O-])cc1C(F)(F)F. The van der Waals surface area contributed by atoms with Gasteiger partial charge in [-0.2, -0.15) is 18.4 Å². The summed E-state index contributed by atoms with van der Waals surface area (Å²) in [6, 6.07) is 3.40. The summed E-state index contributed by atoms with van der Waals surface area (Å²) in [5, 5.41) is 20.5. The molecule has 0 unspecified atom stereocenters. The number of hydrogen-bond acceptors (Lipinski definition) is 4. The van der Waals surface area contributed by atoms with Gasteiger partial charge in [-0.25, -0.2) is 0 Å². The van der Waals surface area contributed by atoms with Crippen LogP contribution in [0.3, 0.4) is 0 Å². The van der Waals surface area contributed by atoms with E-state index in [1.807, 2.05) is 5.32 Å². The van der Waals surface area contributed by atoms with E-state index in [9.17, 15) is 28.1 Å². The van der Waals surface area contributed by atoms with Crippen LogP contribution in [0.25, 0.3) is 0 Å². The quantitative estimate of drug-likeness (QED) is 0.675. The van der Waals surface area contributed by atoms with E-state index in [4.69, 9.17) is 5.26 Å². The van der Waals surface area contributed by atoms with Crippen LogP contribution in [0.2, 0.25) is 0 Å². The number of nitriles is 1. The molecule has 0 fully saturated rings. The largest absolute Gasteiger partial charge is 0.418 e. The van der Waals surface area contributed by atoms with Gasteiger partial charge in [-0.15, -0.1) is 0 Å². The maximum atomic E-state index is 12.7. The fraction of sp³-hybridized carbons (Fsp3) is 0.200. The van der Waals surface area contributed by atoms with Crippen LogP contribution in [0, 0.1) is 21.4 Å². The van der Waals surface area contributed by atoms with Crippen molar-refractivity contribution >= 4 is 17.3 Å². The summed E-state index contributed by atoms with van der Waals surface area (Å²) in [6.07, 6.45) is -5.48. The first-order valence-electron chi connectivity index (χ1n) is 4.78. The number of benzene rings is 1. The van der Waals surface area contributed by atoms with Crippen molar-refractivity contribution in [3.05, 3.63) is 33.9 Å². The number of anilines is 1. The summed E-state index contributed by atoms with van der Waals surface area (Å²) in [4.78, 5) is 20.5. The van der Waals surface area contributed by atoms with Gasteiger partial charge >= 0.3 is 6.18 Å². The van der Waals surface area contributed by atoms with Crippen LogP contribution >= 0.6 is 0 Å². The van der Waals surface area contributed by atoms with Crippen LogP contribution < -0.4 is 5.32 Å². The highest BCUT2D eigenvalue weighted by atomic mass is 19.4. The molecule has 19 heavy (non-hydrogen) atoms. The van der Waals surface area contributed by atoms with Gasteiger partial charge in [0.25, 0.3) is 5.69 Å². The number of carbonyl (C=O) groups is 1. The van der Waals surface area contributed by atoms with E-state index in [-0.39, 0.29) is 0 Å². The molecule has 6 nitrogen and oxygen atoms in total. The minimum absolute atomic E-state index is 0.321. The summed E-state index contributed by atoms with van der Waals surface area (Å²) >= 11 is 0. The van der Waals surface area contributed by atoms with Crippen molar-refractivity contribution in [2.75, 3.05) is 5.32 Å². The molecule has 0 aliphatic heterocycles. The topological polar surface area (TPSA) is 96.0 Å². The summed E-state index contributed by atoms with van der Waals surface area (Å²) in [5.74, 6) is -0.929. The number of amides is 1. The lowest BCUT2D eigenvalue weighted by Gasteiger charge is -2.12. The molecule has 0 radical (unpaired) electrons. The number of nitro benzene ring substituents is 1. The second-order valence-electron chi connectivity index (χ2n) is 3.37. The Balaban J connectivity index is 3.21. The van der Waals surface area contributed by atoms with Gasteiger partial charge in [0, 0.05) is 12.1 Å². The smallest absolute Gasteiger partial charge is 0.325 e. The van der Waals surface area contributed by atoms with E-state index in [1.54, 1.807) is 0 Å². The van der Waals surface area contributed by atoms with Crippen molar-refractivity contribution in [1.29, 1.82) is 5.26 Å². The minimum Gasteiger partial charge on any atom is -0.325 e. The lowest BCUT2D eigenvalue weighted by atomic mass is 10.1. The number of nitrogens with zero attached hydrogens (tertiary/aromatic N) is 2. The predicted molar refractivity (Wildman–Crippen MR) is 57.0 cm³/mol. The molecule has 0 heterocycles. The predicted octanol–water partition coefficient (Wildman–Crippen LogP) is 2.47. The molecule has 0 aliphatic rings.